The van der Waals surface area contributed by atoms with Crippen molar-refractivity contribution in [3.63, 3.8) is 0 Å². The largest absolute Gasteiger partial charge is 0.481 e. The number of rotatable bonds is 7. The molecule has 0 saturated carbocycles. The zero-order chi connectivity index (χ0) is 16.8. The summed E-state index contributed by atoms with van der Waals surface area (Å²) >= 11 is 0. The van der Waals surface area contributed by atoms with Crippen LogP contribution in [0.1, 0.15) is 36.2 Å². The van der Waals surface area contributed by atoms with Crippen molar-refractivity contribution in [2.75, 3.05) is 13.6 Å². The lowest BCUT2D eigenvalue weighted by atomic mass is 9.94. The van der Waals surface area contributed by atoms with E-state index in [2.05, 4.69) is 10.6 Å². The van der Waals surface area contributed by atoms with E-state index in [9.17, 15) is 14.4 Å². The number of amides is 2. The molecule has 0 heterocycles. The highest BCUT2D eigenvalue weighted by Crippen LogP contribution is 2.13. The van der Waals surface area contributed by atoms with Crippen molar-refractivity contribution >= 4 is 17.8 Å². The van der Waals surface area contributed by atoms with Crippen LogP contribution in [0, 0.1) is 5.41 Å². The molecule has 0 spiro atoms. The molecule has 120 valence electrons. The molecular weight excluding hydrogens is 284 g/mol. The first-order valence-electron chi connectivity index (χ1n) is 7.07. The molecule has 0 aliphatic carbocycles. The second-order valence-corrected chi connectivity index (χ2v) is 5.75. The molecule has 0 unspecified atom stereocenters. The molecule has 6 heteroatoms. The van der Waals surface area contributed by atoms with E-state index < -0.39 is 11.4 Å². The minimum Gasteiger partial charge on any atom is -0.481 e. The summed E-state index contributed by atoms with van der Waals surface area (Å²) in [4.78, 5) is 34.3. The van der Waals surface area contributed by atoms with Crippen LogP contribution in [0.4, 0.5) is 0 Å². The van der Waals surface area contributed by atoms with Gasteiger partial charge in [-0.3, -0.25) is 14.4 Å². The number of carbonyl (C=O) groups excluding carboxylic acids is 2. The Morgan fingerprint density at radius 1 is 1.23 bits per heavy atom. The molecule has 22 heavy (non-hydrogen) atoms. The van der Waals surface area contributed by atoms with Gasteiger partial charge in [0.1, 0.15) is 0 Å². The summed E-state index contributed by atoms with van der Waals surface area (Å²) in [6.45, 7) is 3.20. The lowest BCUT2D eigenvalue weighted by Gasteiger charge is -2.19. The Labute approximate surface area is 129 Å². The zero-order valence-corrected chi connectivity index (χ0v) is 13.1. The average molecular weight is 306 g/mol. The molecule has 0 bridgehead atoms. The SMILES string of the molecule is CNC(=O)c1cccc(CCC(=O)NCC(C)(C)C(=O)O)c1. The predicted octanol–water partition coefficient (Wildman–Crippen LogP) is 1.21. The van der Waals surface area contributed by atoms with E-state index in [1.807, 2.05) is 6.07 Å². The van der Waals surface area contributed by atoms with E-state index in [1.165, 1.54) is 0 Å². The van der Waals surface area contributed by atoms with Crippen molar-refractivity contribution < 1.29 is 19.5 Å². The van der Waals surface area contributed by atoms with Crippen molar-refractivity contribution in [3.8, 4) is 0 Å². The Kier molecular flexibility index (Phi) is 6.10. The van der Waals surface area contributed by atoms with Gasteiger partial charge in [-0.15, -0.1) is 0 Å². The summed E-state index contributed by atoms with van der Waals surface area (Å²) in [6.07, 6.45) is 0.733. The van der Waals surface area contributed by atoms with Crippen LogP contribution in [0.2, 0.25) is 0 Å². The van der Waals surface area contributed by atoms with E-state index in [1.54, 1.807) is 39.1 Å². The third-order valence-electron chi connectivity index (χ3n) is 3.36. The van der Waals surface area contributed by atoms with Crippen LogP contribution in [0.5, 0.6) is 0 Å². The number of carboxylic acid groups (broad SMARTS) is 1. The Morgan fingerprint density at radius 2 is 1.91 bits per heavy atom. The van der Waals surface area contributed by atoms with Gasteiger partial charge in [-0.05, 0) is 38.0 Å². The maximum absolute atomic E-state index is 11.8. The topological polar surface area (TPSA) is 95.5 Å². The van der Waals surface area contributed by atoms with Gasteiger partial charge in [-0.2, -0.15) is 0 Å². The molecule has 0 aromatic heterocycles. The first-order valence-corrected chi connectivity index (χ1v) is 7.07. The lowest BCUT2D eigenvalue weighted by molar-refractivity contribution is -0.146. The van der Waals surface area contributed by atoms with Gasteiger partial charge in [0, 0.05) is 25.6 Å². The van der Waals surface area contributed by atoms with Crippen LogP contribution >= 0.6 is 0 Å². The van der Waals surface area contributed by atoms with E-state index in [0.717, 1.165) is 5.56 Å². The van der Waals surface area contributed by atoms with Crippen LogP contribution < -0.4 is 10.6 Å². The molecule has 0 radical (unpaired) electrons. The van der Waals surface area contributed by atoms with E-state index in [-0.39, 0.29) is 24.8 Å². The molecule has 0 aliphatic rings. The number of benzene rings is 1. The first kappa shape index (κ1) is 17.7. The van der Waals surface area contributed by atoms with Gasteiger partial charge >= 0.3 is 5.97 Å². The highest BCUT2D eigenvalue weighted by atomic mass is 16.4. The fourth-order valence-electron chi connectivity index (χ4n) is 1.75. The second-order valence-electron chi connectivity index (χ2n) is 5.75. The van der Waals surface area contributed by atoms with Crippen molar-refractivity contribution in [3.05, 3.63) is 35.4 Å². The second kappa shape index (κ2) is 7.59. The van der Waals surface area contributed by atoms with Crippen molar-refractivity contribution in [1.29, 1.82) is 0 Å². The van der Waals surface area contributed by atoms with Gasteiger partial charge in [0.15, 0.2) is 0 Å². The highest BCUT2D eigenvalue weighted by Gasteiger charge is 2.27. The summed E-state index contributed by atoms with van der Waals surface area (Å²) < 4.78 is 0. The van der Waals surface area contributed by atoms with Crippen molar-refractivity contribution in [2.24, 2.45) is 5.41 Å². The van der Waals surface area contributed by atoms with Gasteiger partial charge in [0.05, 0.1) is 5.41 Å². The fourth-order valence-corrected chi connectivity index (χ4v) is 1.75. The summed E-state index contributed by atoms with van der Waals surface area (Å²) in [5.41, 5.74) is 0.440. The summed E-state index contributed by atoms with van der Waals surface area (Å²) in [7, 11) is 1.56. The molecule has 0 atom stereocenters. The van der Waals surface area contributed by atoms with E-state index >= 15 is 0 Å². The Bertz CT molecular complexity index is 567. The third kappa shape index (κ3) is 5.20. The molecule has 1 aromatic rings. The van der Waals surface area contributed by atoms with E-state index in [0.29, 0.717) is 12.0 Å². The molecule has 3 N–H and O–H groups in total. The molecule has 1 rings (SSSR count). The van der Waals surface area contributed by atoms with Gasteiger partial charge in [-0.1, -0.05) is 12.1 Å². The zero-order valence-electron chi connectivity index (χ0n) is 13.1. The van der Waals surface area contributed by atoms with Crippen molar-refractivity contribution in [1.82, 2.24) is 10.6 Å². The van der Waals surface area contributed by atoms with Gasteiger partial charge in [0.2, 0.25) is 5.91 Å². The quantitative estimate of drug-likeness (QED) is 0.705. The van der Waals surface area contributed by atoms with Crippen LogP contribution in [0.15, 0.2) is 24.3 Å². The van der Waals surface area contributed by atoms with Gasteiger partial charge in [0.25, 0.3) is 5.91 Å². The third-order valence-corrected chi connectivity index (χ3v) is 3.36. The van der Waals surface area contributed by atoms with Crippen LogP contribution in [0.25, 0.3) is 0 Å². The minimum atomic E-state index is -0.991. The Morgan fingerprint density at radius 3 is 2.50 bits per heavy atom. The van der Waals surface area contributed by atoms with Gasteiger partial charge < -0.3 is 15.7 Å². The minimum absolute atomic E-state index is 0.0828. The number of hydrogen-bond acceptors (Lipinski definition) is 3. The predicted molar refractivity (Wildman–Crippen MR) is 82.6 cm³/mol. The van der Waals surface area contributed by atoms with Crippen LogP contribution in [-0.4, -0.2) is 36.5 Å². The standard InChI is InChI=1S/C16H22N2O4/c1-16(2,15(21)22)10-18-13(19)8-7-11-5-4-6-12(9-11)14(20)17-3/h4-6,9H,7-8,10H2,1-3H3,(H,17,20)(H,18,19)(H,21,22). The number of aliphatic carboxylic acids is 1. The normalized spacial score (nSPS) is 10.9. The smallest absolute Gasteiger partial charge is 0.310 e. The molecular formula is C16H22N2O4. The highest BCUT2D eigenvalue weighted by molar-refractivity contribution is 5.94. The molecule has 6 nitrogen and oxygen atoms in total. The van der Waals surface area contributed by atoms with Crippen LogP contribution in [0.3, 0.4) is 0 Å². The molecule has 0 fully saturated rings. The first-order chi connectivity index (χ1) is 10.3. The summed E-state index contributed by atoms with van der Waals surface area (Å²) in [6, 6.07) is 7.07. The fraction of sp³-hybridized carbons (Fsp3) is 0.438. The van der Waals surface area contributed by atoms with Gasteiger partial charge in [-0.25, -0.2) is 0 Å². The average Bonchev–Trinajstić information content (AvgIpc) is 2.50. The summed E-state index contributed by atoms with van der Waals surface area (Å²) in [5, 5.41) is 14.1. The maximum atomic E-state index is 11.8. The van der Waals surface area contributed by atoms with Crippen LogP contribution in [-0.2, 0) is 16.0 Å². The Hall–Kier alpha value is -2.37. The Balaban J connectivity index is 2.51. The number of nitrogens with one attached hydrogen (secondary N) is 2. The van der Waals surface area contributed by atoms with Crippen molar-refractivity contribution in [2.45, 2.75) is 26.7 Å². The van der Waals surface area contributed by atoms with E-state index in [4.69, 9.17) is 5.11 Å². The molecule has 0 aliphatic heterocycles. The maximum Gasteiger partial charge on any atom is 0.310 e. The molecule has 2 amide bonds. The number of hydrogen-bond donors (Lipinski definition) is 3. The number of carbonyl (C=O) groups is 3. The number of carboxylic acids is 1. The monoisotopic (exact) mass is 306 g/mol. The number of aryl methyl sites for hydroxylation is 1. The molecule has 1 aromatic carbocycles. The lowest BCUT2D eigenvalue weighted by Crippen LogP contribution is -2.38. The molecule has 0 saturated heterocycles. The summed E-state index contributed by atoms with van der Waals surface area (Å²) in [5.74, 6) is -1.33.